The number of rotatable bonds is 8. The number of primary amides is 1. The number of esters is 1. The summed E-state index contributed by atoms with van der Waals surface area (Å²) in [4.78, 5) is 23.6. The first-order valence-electron chi connectivity index (χ1n) is 9.52. The van der Waals surface area contributed by atoms with Gasteiger partial charge >= 0.3 is 5.97 Å². The Balaban J connectivity index is 1.73. The van der Waals surface area contributed by atoms with E-state index in [0.29, 0.717) is 22.6 Å². The molecule has 0 saturated heterocycles. The van der Waals surface area contributed by atoms with Gasteiger partial charge in [0, 0.05) is 12.6 Å². The molecule has 0 radical (unpaired) electrons. The van der Waals surface area contributed by atoms with Crippen molar-refractivity contribution in [2.24, 2.45) is 5.73 Å². The van der Waals surface area contributed by atoms with Crippen molar-refractivity contribution in [2.75, 3.05) is 18.5 Å². The lowest BCUT2D eigenvalue weighted by Crippen LogP contribution is -2.27. The van der Waals surface area contributed by atoms with E-state index in [0.717, 1.165) is 4.31 Å². The summed E-state index contributed by atoms with van der Waals surface area (Å²) in [5, 5.41) is 0. The summed E-state index contributed by atoms with van der Waals surface area (Å²) in [6.45, 7) is -0.0590. The minimum atomic E-state index is -3.88. The van der Waals surface area contributed by atoms with Gasteiger partial charge in [-0.3, -0.25) is 9.10 Å². The van der Waals surface area contributed by atoms with Crippen LogP contribution in [-0.4, -0.2) is 34.5 Å². The highest BCUT2D eigenvalue weighted by molar-refractivity contribution is 7.92. The molecule has 0 unspecified atom stereocenters. The molecule has 166 valence electrons. The van der Waals surface area contributed by atoms with Gasteiger partial charge in [-0.15, -0.1) is 0 Å². The summed E-state index contributed by atoms with van der Waals surface area (Å²) in [6, 6.07) is 18.6. The van der Waals surface area contributed by atoms with Gasteiger partial charge in [0.05, 0.1) is 23.3 Å². The van der Waals surface area contributed by atoms with E-state index in [1.807, 2.05) is 0 Å². The van der Waals surface area contributed by atoms with Crippen LogP contribution < -0.4 is 14.8 Å². The highest BCUT2D eigenvalue weighted by Gasteiger charge is 2.24. The van der Waals surface area contributed by atoms with E-state index >= 15 is 0 Å². The second-order valence-corrected chi connectivity index (χ2v) is 8.78. The Morgan fingerprint density at radius 1 is 0.938 bits per heavy atom. The number of hydrogen-bond donors (Lipinski definition) is 1. The van der Waals surface area contributed by atoms with Crippen LogP contribution in [0.5, 0.6) is 5.75 Å². The van der Waals surface area contributed by atoms with Crippen molar-refractivity contribution in [3.63, 3.8) is 0 Å². The number of nitrogens with zero attached hydrogens (tertiary/aromatic N) is 1. The van der Waals surface area contributed by atoms with Gasteiger partial charge in [0.15, 0.2) is 0 Å². The number of hydrogen-bond acceptors (Lipinski definition) is 6. The summed E-state index contributed by atoms with van der Waals surface area (Å²) >= 11 is 0. The van der Waals surface area contributed by atoms with E-state index in [1.54, 1.807) is 48.5 Å². The van der Waals surface area contributed by atoms with Crippen LogP contribution in [0.25, 0.3) is 0 Å². The third-order valence-corrected chi connectivity index (χ3v) is 6.54. The minimum Gasteiger partial charge on any atom is -0.495 e. The molecule has 3 aromatic carbocycles. The summed E-state index contributed by atoms with van der Waals surface area (Å²) in [5.74, 6) is -0.788. The Kier molecular flexibility index (Phi) is 6.79. The average Bonchev–Trinajstić information content (AvgIpc) is 2.82. The molecule has 0 spiro atoms. The van der Waals surface area contributed by atoms with Gasteiger partial charge in [0.2, 0.25) is 5.91 Å². The number of nitrogens with two attached hydrogens (primary N) is 1. The average molecular weight is 455 g/mol. The smallest absolute Gasteiger partial charge is 0.338 e. The molecule has 0 aliphatic heterocycles. The molecule has 8 nitrogen and oxygen atoms in total. The zero-order valence-electron chi connectivity index (χ0n) is 17.5. The van der Waals surface area contributed by atoms with Crippen LogP contribution in [0.4, 0.5) is 5.69 Å². The van der Waals surface area contributed by atoms with E-state index in [9.17, 15) is 18.0 Å². The third-order valence-electron chi connectivity index (χ3n) is 4.75. The monoisotopic (exact) mass is 454 g/mol. The number of para-hydroxylation sites is 2. The molecule has 0 heterocycles. The maximum Gasteiger partial charge on any atom is 0.338 e. The van der Waals surface area contributed by atoms with Crippen LogP contribution in [0.15, 0.2) is 77.7 Å². The molecule has 32 heavy (non-hydrogen) atoms. The van der Waals surface area contributed by atoms with Crippen molar-refractivity contribution in [3.8, 4) is 5.75 Å². The lowest BCUT2D eigenvalue weighted by atomic mass is 10.1. The number of carbonyl (C=O) groups is 2. The topological polar surface area (TPSA) is 116 Å². The van der Waals surface area contributed by atoms with Crippen molar-refractivity contribution in [1.29, 1.82) is 0 Å². The standard InChI is InChI=1S/C23H22N2O6S/c1-25(20-8-3-4-9-21(20)30-2)32(28,29)19-12-10-17(11-13-19)23(27)31-15-16-6-5-7-18(14-16)22(24)26/h3-14H,15H2,1-2H3,(H2,24,26). The first kappa shape index (κ1) is 22.8. The van der Waals surface area contributed by atoms with Crippen molar-refractivity contribution >= 4 is 27.6 Å². The van der Waals surface area contributed by atoms with Gasteiger partial charge in [-0.05, 0) is 54.1 Å². The summed E-state index contributed by atoms with van der Waals surface area (Å²) in [6.07, 6.45) is 0. The summed E-state index contributed by atoms with van der Waals surface area (Å²) < 4.78 is 37.6. The van der Waals surface area contributed by atoms with Gasteiger partial charge in [0.25, 0.3) is 10.0 Å². The van der Waals surface area contributed by atoms with Gasteiger partial charge < -0.3 is 15.2 Å². The maximum atomic E-state index is 13.0. The lowest BCUT2D eigenvalue weighted by molar-refractivity contribution is 0.0472. The number of amides is 1. The van der Waals surface area contributed by atoms with Crippen molar-refractivity contribution in [3.05, 3.63) is 89.5 Å². The van der Waals surface area contributed by atoms with E-state index < -0.39 is 21.9 Å². The Labute approximate surface area is 186 Å². The number of carbonyl (C=O) groups excluding carboxylic acids is 2. The second-order valence-electron chi connectivity index (χ2n) is 6.81. The predicted octanol–water partition coefficient (Wildman–Crippen LogP) is 2.98. The molecule has 0 aliphatic rings. The Hall–Kier alpha value is -3.85. The van der Waals surface area contributed by atoms with Gasteiger partial charge in [-0.25, -0.2) is 13.2 Å². The molecule has 0 atom stereocenters. The first-order valence-corrected chi connectivity index (χ1v) is 11.0. The highest BCUT2D eigenvalue weighted by Crippen LogP contribution is 2.30. The summed E-state index contributed by atoms with van der Waals surface area (Å²) in [7, 11) is -0.990. The van der Waals surface area contributed by atoms with E-state index in [2.05, 4.69) is 0 Å². The maximum absolute atomic E-state index is 13.0. The van der Waals surface area contributed by atoms with E-state index in [-0.39, 0.29) is 17.1 Å². The van der Waals surface area contributed by atoms with Gasteiger partial charge in [-0.1, -0.05) is 24.3 Å². The number of benzene rings is 3. The Morgan fingerprint density at radius 2 is 1.62 bits per heavy atom. The molecular weight excluding hydrogens is 432 g/mol. The molecule has 1 amide bonds. The van der Waals surface area contributed by atoms with E-state index in [4.69, 9.17) is 15.2 Å². The molecule has 3 aromatic rings. The number of sulfonamides is 1. The van der Waals surface area contributed by atoms with Gasteiger partial charge in [-0.2, -0.15) is 0 Å². The molecule has 0 aromatic heterocycles. The quantitative estimate of drug-likeness (QED) is 0.523. The van der Waals surface area contributed by atoms with Crippen LogP contribution in [0.3, 0.4) is 0 Å². The normalized spacial score (nSPS) is 10.9. The van der Waals surface area contributed by atoms with Crippen molar-refractivity contribution < 1.29 is 27.5 Å². The predicted molar refractivity (Wildman–Crippen MR) is 119 cm³/mol. The molecule has 2 N–H and O–H groups in total. The SMILES string of the molecule is COc1ccccc1N(C)S(=O)(=O)c1ccc(C(=O)OCc2cccc(C(N)=O)c2)cc1. The fraction of sp³-hybridized carbons (Fsp3) is 0.130. The minimum absolute atomic E-state index is 0.0108. The molecule has 9 heteroatoms. The van der Waals surface area contributed by atoms with E-state index in [1.165, 1.54) is 38.4 Å². The number of anilines is 1. The molecular formula is C23H22N2O6S. The third kappa shape index (κ3) is 4.89. The van der Waals surface area contributed by atoms with Crippen molar-refractivity contribution in [2.45, 2.75) is 11.5 Å². The van der Waals surface area contributed by atoms with Crippen LogP contribution >= 0.6 is 0 Å². The number of methoxy groups -OCH3 is 1. The molecule has 0 saturated carbocycles. The molecule has 0 fully saturated rings. The zero-order valence-corrected chi connectivity index (χ0v) is 18.3. The first-order chi connectivity index (χ1) is 15.2. The Morgan fingerprint density at radius 3 is 2.28 bits per heavy atom. The van der Waals surface area contributed by atoms with Crippen LogP contribution in [0.2, 0.25) is 0 Å². The largest absolute Gasteiger partial charge is 0.495 e. The van der Waals surface area contributed by atoms with Crippen LogP contribution in [-0.2, 0) is 21.4 Å². The molecule has 0 bridgehead atoms. The highest BCUT2D eigenvalue weighted by atomic mass is 32.2. The van der Waals surface area contributed by atoms with Gasteiger partial charge in [0.1, 0.15) is 12.4 Å². The summed E-state index contributed by atoms with van der Waals surface area (Å²) in [5.41, 5.74) is 6.74. The fourth-order valence-corrected chi connectivity index (χ4v) is 4.19. The van der Waals surface area contributed by atoms with Crippen LogP contribution in [0.1, 0.15) is 26.3 Å². The second kappa shape index (κ2) is 9.52. The molecule has 0 aliphatic carbocycles. The lowest BCUT2D eigenvalue weighted by Gasteiger charge is -2.21. The fourth-order valence-electron chi connectivity index (χ4n) is 2.99. The Bertz CT molecular complexity index is 1240. The zero-order chi connectivity index (χ0) is 23.3. The van der Waals surface area contributed by atoms with Crippen molar-refractivity contribution in [1.82, 2.24) is 0 Å². The van der Waals surface area contributed by atoms with Crippen LogP contribution in [0, 0.1) is 0 Å². The molecule has 3 rings (SSSR count). The number of ether oxygens (including phenoxy) is 2.